The van der Waals surface area contributed by atoms with E-state index in [1.165, 1.54) is 20.9 Å². The number of fused-ring (bicyclic) bond motifs is 1. The SMILES string of the molecule is Cc1c(Sc2ccccc2)c2ccc(Cl)cc2n1-c1cnn(-c2ccccc2)c1. The van der Waals surface area contributed by atoms with E-state index in [2.05, 4.69) is 53.1 Å². The fourth-order valence-corrected chi connectivity index (χ4v) is 4.79. The van der Waals surface area contributed by atoms with Crippen molar-refractivity contribution in [3.8, 4) is 11.4 Å². The van der Waals surface area contributed by atoms with Gasteiger partial charge in [-0.15, -0.1) is 0 Å². The highest BCUT2D eigenvalue weighted by atomic mass is 35.5. The molecule has 29 heavy (non-hydrogen) atoms. The van der Waals surface area contributed by atoms with E-state index in [4.69, 9.17) is 11.6 Å². The molecule has 0 radical (unpaired) electrons. The van der Waals surface area contributed by atoms with Crippen molar-refractivity contribution in [2.75, 3.05) is 0 Å². The number of rotatable bonds is 4. The monoisotopic (exact) mass is 415 g/mol. The summed E-state index contributed by atoms with van der Waals surface area (Å²) in [5.41, 5.74) is 4.30. The zero-order chi connectivity index (χ0) is 19.8. The Kier molecular flexibility index (Phi) is 4.66. The first kappa shape index (κ1) is 18.1. The second-order valence-electron chi connectivity index (χ2n) is 6.81. The molecule has 5 heteroatoms. The van der Waals surface area contributed by atoms with E-state index in [9.17, 15) is 0 Å². The maximum atomic E-state index is 6.36. The number of nitrogens with zero attached hydrogens (tertiary/aromatic N) is 3. The lowest BCUT2D eigenvalue weighted by atomic mass is 10.2. The van der Waals surface area contributed by atoms with Gasteiger partial charge in [-0.25, -0.2) is 4.68 Å². The van der Waals surface area contributed by atoms with Crippen LogP contribution in [0.2, 0.25) is 5.02 Å². The topological polar surface area (TPSA) is 22.8 Å². The molecule has 2 heterocycles. The minimum absolute atomic E-state index is 0.725. The van der Waals surface area contributed by atoms with E-state index in [1.807, 2.05) is 59.4 Å². The molecule has 0 fully saturated rings. The van der Waals surface area contributed by atoms with Crippen LogP contribution in [0.4, 0.5) is 0 Å². The van der Waals surface area contributed by atoms with Crippen LogP contribution in [0.3, 0.4) is 0 Å². The molecule has 0 bridgehead atoms. The molecule has 0 amide bonds. The van der Waals surface area contributed by atoms with Crippen molar-refractivity contribution >= 4 is 34.3 Å². The molecule has 0 aliphatic rings. The summed E-state index contributed by atoms with van der Waals surface area (Å²) < 4.78 is 4.13. The summed E-state index contributed by atoms with van der Waals surface area (Å²) in [4.78, 5) is 2.44. The molecule has 5 rings (SSSR count). The molecule has 0 spiro atoms. The molecule has 0 aliphatic carbocycles. The van der Waals surface area contributed by atoms with Crippen LogP contribution in [0.15, 0.2) is 101 Å². The Bertz CT molecular complexity index is 1290. The highest BCUT2D eigenvalue weighted by Gasteiger charge is 2.18. The predicted octanol–water partition coefficient (Wildman–Crippen LogP) is 6.93. The highest BCUT2D eigenvalue weighted by molar-refractivity contribution is 7.99. The van der Waals surface area contributed by atoms with E-state index >= 15 is 0 Å². The average molecular weight is 416 g/mol. The number of hydrogen-bond acceptors (Lipinski definition) is 2. The molecular formula is C24H18ClN3S. The summed E-state index contributed by atoms with van der Waals surface area (Å²) in [5.74, 6) is 0. The van der Waals surface area contributed by atoms with Gasteiger partial charge in [-0.05, 0) is 43.3 Å². The van der Waals surface area contributed by atoms with Crippen LogP contribution in [-0.4, -0.2) is 14.3 Å². The predicted molar refractivity (Wildman–Crippen MR) is 121 cm³/mol. The number of hydrogen-bond donors (Lipinski definition) is 0. The molecule has 0 saturated carbocycles. The summed E-state index contributed by atoms with van der Waals surface area (Å²) in [7, 11) is 0. The van der Waals surface area contributed by atoms with E-state index in [1.54, 1.807) is 11.8 Å². The molecule has 0 unspecified atom stereocenters. The molecule has 3 nitrogen and oxygen atoms in total. The normalized spacial score (nSPS) is 11.2. The fraction of sp³-hybridized carbons (Fsp3) is 0.0417. The molecule has 3 aromatic carbocycles. The third kappa shape index (κ3) is 3.35. The maximum Gasteiger partial charge on any atom is 0.0845 e. The molecule has 142 valence electrons. The Hall–Kier alpha value is -2.95. The third-order valence-electron chi connectivity index (χ3n) is 4.92. The van der Waals surface area contributed by atoms with Crippen LogP contribution in [0.25, 0.3) is 22.3 Å². The number of benzene rings is 3. The van der Waals surface area contributed by atoms with Gasteiger partial charge in [0.1, 0.15) is 0 Å². The van der Waals surface area contributed by atoms with Gasteiger partial charge < -0.3 is 4.57 Å². The Balaban J connectivity index is 1.67. The minimum atomic E-state index is 0.725. The molecule has 0 aliphatic heterocycles. The first-order valence-corrected chi connectivity index (χ1v) is 10.5. The van der Waals surface area contributed by atoms with Crippen molar-refractivity contribution in [1.29, 1.82) is 0 Å². The Morgan fingerprint density at radius 2 is 1.59 bits per heavy atom. The zero-order valence-corrected chi connectivity index (χ0v) is 17.4. The quantitative estimate of drug-likeness (QED) is 0.317. The second-order valence-corrected chi connectivity index (χ2v) is 8.33. The molecular weight excluding hydrogens is 398 g/mol. The van der Waals surface area contributed by atoms with E-state index < -0.39 is 0 Å². The first-order valence-electron chi connectivity index (χ1n) is 9.34. The summed E-state index contributed by atoms with van der Waals surface area (Å²) >= 11 is 8.14. The van der Waals surface area contributed by atoms with Crippen LogP contribution in [0.5, 0.6) is 0 Å². The van der Waals surface area contributed by atoms with E-state index in [-0.39, 0.29) is 0 Å². The van der Waals surface area contributed by atoms with Crippen molar-refractivity contribution in [1.82, 2.24) is 14.3 Å². The van der Waals surface area contributed by atoms with Gasteiger partial charge in [0, 0.05) is 25.9 Å². The van der Waals surface area contributed by atoms with Crippen LogP contribution >= 0.6 is 23.4 Å². The average Bonchev–Trinajstić information content (AvgIpc) is 3.33. The van der Waals surface area contributed by atoms with E-state index in [0.717, 1.165) is 21.9 Å². The highest BCUT2D eigenvalue weighted by Crippen LogP contribution is 2.40. The van der Waals surface area contributed by atoms with Crippen molar-refractivity contribution in [3.05, 3.63) is 102 Å². The summed E-state index contributed by atoms with van der Waals surface area (Å²) in [5, 5.41) is 6.50. The number of halogens is 1. The molecule has 2 aromatic heterocycles. The van der Waals surface area contributed by atoms with Gasteiger partial charge in [0.2, 0.25) is 0 Å². The molecule has 0 N–H and O–H groups in total. The second kappa shape index (κ2) is 7.47. The Morgan fingerprint density at radius 3 is 2.34 bits per heavy atom. The first-order chi connectivity index (χ1) is 14.2. The maximum absolute atomic E-state index is 6.36. The Labute approximate surface area is 178 Å². The van der Waals surface area contributed by atoms with E-state index in [0.29, 0.717) is 0 Å². The van der Waals surface area contributed by atoms with Crippen LogP contribution < -0.4 is 0 Å². The van der Waals surface area contributed by atoms with Gasteiger partial charge in [-0.3, -0.25) is 0 Å². The zero-order valence-electron chi connectivity index (χ0n) is 15.8. The summed E-state index contributed by atoms with van der Waals surface area (Å²) in [6.45, 7) is 2.15. The standard InChI is InChI=1S/C24H18ClN3S/c1-17-24(29-21-10-6-3-7-11-21)22-13-12-18(25)14-23(22)28(17)20-15-26-27(16-20)19-8-4-2-5-9-19/h2-16H,1H3. The van der Waals surface area contributed by atoms with Crippen molar-refractivity contribution in [2.24, 2.45) is 0 Å². The van der Waals surface area contributed by atoms with Gasteiger partial charge in [0.25, 0.3) is 0 Å². The fourth-order valence-electron chi connectivity index (χ4n) is 3.58. The van der Waals surface area contributed by atoms with Crippen LogP contribution in [0, 0.1) is 6.92 Å². The molecule has 0 atom stereocenters. The minimum Gasteiger partial charge on any atom is -0.310 e. The van der Waals surface area contributed by atoms with Gasteiger partial charge in [-0.1, -0.05) is 65.8 Å². The van der Waals surface area contributed by atoms with Gasteiger partial charge in [0.15, 0.2) is 0 Å². The van der Waals surface area contributed by atoms with Gasteiger partial charge >= 0.3 is 0 Å². The smallest absolute Gasteiger partial charge is 0.0845 e. The lowest BCUT2D eigenvalue weighted by molar-refractivity contribution is 0.880. The van der Waals surface area contributed by atoms with Gasteiger partial charge in [0.05, 0.1) is 29.3 Å². The Morgan fingerprint density at radius 1 is 0.862 bits per heavy atom. The molecule has 0 saturated heterocycles. The van der Waals surface area contributed by atoms with Crippen LogP contribution in [0.1, 0.15) is 5.69 Å². The van der Waals surface area contributed by atoms with Crippen molar-refractivity contribution in [3.63, 3.8) is 0 Å². The third-order valence-corrected chi connectivity index (χ3v) is 6.38. The van der Waals surface area contributed by atoms with Crippen molar-refractivity contribution in [2.45, 2.75) is 16.7 Å². The largest absolute Gasteiger partial charge is 0.310 e. The molecule has 5 aromatic rings. The van der Waals surface area contributed by atoms with Crippen molar-refractivity contribution < 1.29 is 0 Å². The number of para-hydroxylation sites is 1. The summed E-state index contributed by atoms with van der Waals surface area (Å²) in [6, 6.07) is 26.7. The lowest BCUT2D eigenvalue weighted by Gasteiger charge is -2.06. The van der Waals surface area contributed by atoms with Gasteiger partial charge in [-0.2, -0.15) is 5.10 Å². The number of aromatic nitrogens is 3. The van der Waals surface area contributed by atoms with Crippen LogP contribution in [-0.2, 0) is 0 Å². The summed E-state index contributed by atoms with van der Waals surface area (Å²) in [6.07, 6.45) is 3.96. The lowest BCUT2D eigenvalue weighted by Crippen LogP contribution is -1.96.